The van der Waals surface area contributed by atoms with Crippen molar-refractivity contribution in [2.45, 2.75) is 63.5 Å². The fourth-order valence-corrected chi connectivity index (χ4v) is 3.55. The van der Waals surface area contributed by atoms with Crippen molar-refractivity contribution < 1.29 is 32.2 Å². The Morgan fingerprint density at radius 2 is 1.73 bits per heavy atom. The summed E-state index contributed by atoms with van der Waals surface area (Å²) < 4.78 is 48.9. The van der Waals surface area contributed by atoms with Gasteiger partial charge in [-0.3, -0.25) is 4.79 Å². The van der Waals surface area contributed by atoms with Crippen molar-refractivity contribution in [1.82, 2.24) is 10.2 Å². The van der Waals surface area contributed by atoms with E-state index in [0.29, 0.717) is 25.9 Å². The zero-order valence-corrected chi connectivity index (χ0v) is 17.3. The Kier molecular flexibility index (Phi) is 6.31. The van der Waals surface area contributed by atoms with Gasteiger partial charge in [-0.25, -0.2) is 4.79 Å². The molecule has 3 rings (SSSR count). The number of carbonyl (C=O) groups is 2. The molecule has 0 bridgehead atoms. The summed E-state index contributed by atoms with van der Waals surface area (Å²) in [5.41, 5.74) is -0.471. The van der Waals surface area contributed by atoms with E-state index in [1.165, 1.54) is 12.1 Å². The number of nitrogens with zero attached hydrogens (tertiary/aromatic N) is 1. The van der Waals surface area contributed by atoms with Crippen LogP contribution in [0, 0.1) is 0 Å². The molecule has 0 aromatic heterocycles. The van der Waals surface area contributed by atoms with E-state index in [1.54, 1.807) is 25.7 Å². The minimum Gasteiger partial charge on any atom is -0.444 e. The second kappa shape index (κ2) is 8.45. The number of benzene rings is 1. The fraction of sp³-hybridized carbons (Fsp3) is 0.619. The molecule has 0 aliphatic carbocycles. The topological polar surface area (TPSA) is 67.9 Å². The Hall–Kier alpha value is -2.29. The molecule has 0 radical (unpaired) electrons. The highest BCUT2D eigenvalue weighted by molar-refractivity contribution is 5.82. The van der Waals surface area contributed by atoms with Gasteiger partial charge in [0.1, 0.15) is 11.7 Å². The van der Waals surface area contributed by atoms with Gasteiger partial charge in [0.05, 0.1) is 18.2 Å². The molecule has 0 saturated carbocycles. The van der Waals surface area contributed by atoms with Gasteiger partial charge in [-0.1, -0.05) is 12.1 Å². The lowest BCUT2D eigenvalue weighted by Crippen LogP contribution is -2.54. The van der Waals surface area contributed by atoms with Crippen LogP contribution in [-0.2, 0) is 20.4 Å². The van der Waals surface area contributed by atoms with Crippen molar-refractivity contribution >= 4 is 12.0 Å². The molecule has 6 nitrogen and oxygen atoms in total. The van der Waals surface area contributed by atoms with E-state index in [0.717, 1.165) is 17.7 Å². The summed E-state index contributed by atoms with van der Waals surface area (Å²) in [6.07, 6.45) is -4.33. The number of hydrogen-bond donors (Lipinski definition) is 1. The van der Waals surface area contributed by atoms with Crippen LogP contribution in [0.4, 0.5) is 18.0 Å². The van der Waals surface area contributed by atoms with E-state index < -0.39 is 29.5 Å². The van der Waals surface area contributed by atoms with Crippen LogP contribution in [0.3, 0.4) is 0 Å². The SMILES string of the molecule is CC(C)(C)OC(=O)N[C@@H]1CC[C@@H](C(=O)N2CC(c3ccc(C(F)(F)F)cc3)C2)OC1. The third-order valence-electron chi connectivity index (χ3n) is 5.17. The van der Waals surface area contributed by atoms with Crippen LogP contribution in [-0.4, -0.2) is 54.3 Å². The first kappa shape index (κ1) is 22.4. The van der Waals surface area contributed by atoms with E-state index in [4.69, 9.17) is 9.47 Å². The molecule has 1 aromatic rings. The van der Waals surface area contributed by atoms with Crippen LogP contribution < -0.4 is 5.32 Å². The average molecular weight is 428 g/mol. The van der Waals surface area contributed by atoms with Crippen LogP contribution >= 0.6 is 0 Å². The Balaban J connectivity index is 1.42. The summed E-state index contributed by atoms with van der Waals surface area (Å²) in [7, 11) is 0. The van der Waals surface area contributed by atoms with Crippen LogP contribution in [0.2, 0.25) is 0 Å². The monoisotopic (exact) mass is 428 g/mol. The number of carbonyl (C=O) groups excluding carboxylic acids is 2. The maximum Gasteiger partial charge on any atom is 0.416 e. The summed E-state index contributed by atoms with van der Waals surface area (Å²) >= 11 is 0. The molecule has 9 heteroatoms. The minimum atomic E-state index is -4.35. The number of alkyl carbamates (subject to hydrolysis) is 1. The number of rotatable bonds is 3. The normalized spacial score (nSPS) is 22.9. The predicted molar refractivity (Wildman–Crippen MR) is 103 cm³/mol. The molecular formula is C21H27F3N2O4. The highest BCUT2D eigenvalue weighted by Crippen LogP contribution is 2.33. The van der Waals surface area contributed by atoms with Crippen LogP contribution in [0.5, 0.6) is 0 Å². The molecule has 166 valence electrons. The molecule has 30 heavy (non-hydrogen) atoms. The van der Waals surface area contributed by atoms with Crippen LogP contribution in [0.1, 0.15) is 50.7 Å². The molecule has 2 heterocycles. The standard InChI is InChI=1S/C21H27F3N2O4/c1-20(2,3)30-19(28)25-16-8-9-17(29-12-16)18(27)26-10-14(11-26)13-4-6-15(7-5-13)21(22,23)24/h4-7,14,16-17H,8-12H2,1-3H3,(H,25,28)/t16-,17+/m1/s1. The molecule has 2 amide bonds. The zero-order valence-electron chi connectivity index (χ0n) is 17.3. The lowest BCUT2D eigenvalue weighted by molar-refractivity contribution is -0.152. The van der Waals surface area contributed by atoms with E-state index in [1.807, 2.05) is 0 Å². The Morgan fingerprint density at radius 3 is 2.23 bits per heavy atom. The number of nitrogens with one attached hydrogen (secondary N) is 1. The lowest BCUT2D eigenvalue weighted by atomic mass is 9.90. The van der Waals surface area contributed by atoms with Crippen molar-refractivity contribution in [2.75, 3.05) is 19.7 Å². The van der Waals surface area contributed by atoms with Crippen molar-refractivity contribution in [3.8, 4) is 0 Å². The van der Waals surface area contributed by atoms with Gasteiger partial charge in [0.15, 0.2) is 0 Å². The van der Waals surface area contributed by atoms with Gasteiger partial charge in [-0.05, 0) is 51.3 Å². The molecule has 2 aliphatic rings. The number of halogens is 3. The van der Waals surface area contributed by atoms with Gasteiger partial charge in [0.25, 0.3) is 5.91 Å². The molecule has 2 atom stereocenters. The van der Waals surface area contributed by atoms with Crippen LogP contribution in [0.25, 0.3) is 0 Å². The zero-order chi connectivity index (χ0) is 22.1. The average Bonchev–Trinajstić information content (AvgIpc) is 2.59. The number of likely N-dealkylation sites (tertiary alicyclic amines) is 1. The Morgan fingerprint density at radius 1 is 1.10 bits per heavy atom. The summed E-state index contributed by atoms with van der Waals surface area (Å²) in [5, 5.41) is 2.74. The summed E-state index contributed by atoms with van der Waals surface area (Å²) in [4.78, 5) is 26.1. The Bertz CT molecular complexity index is 760. The highest BCUT2D eigenvalue weighted by Gasteiger charge is 2.38. The molecular weight excluding hydrogens is 401 g/mol. The largest absolute Gasteiger partial charge is 0.444 e. The van der Waals surface area contributed by atoms with Crippen molar-refractivity contribution in [3.63, 3.8) is 0 Å². The first-order valence-electron chi connectivity index (χ1n) is 9.99. The van der Waals surface area contributed by atoms with Gasteiger partial charge in [0.2, 0.25) is 0 Å². The molecule has 1 N–H and O–H groups in total. The van der Waals surface area contributed by atoms with Crippen molar-refractivity contribution in [2.24, 2.45) is 0 Å². The summed E-state index contributed by atoms with van der Waals surface area (Å²) in [6.45, 7) is 6.50. The predicted octanol–water partition coefficient (Wildman–Crippen LogP) is 3.70. The molecule has 2 saturated heterocycles. The van der Waals surface area contributed by atoms with Gasteiger partial charge in [-0.15, -0.1) is 0 Å². The smallest absolute Gasteiger partial charge is 0.416 e. The van der Waals surface area contributed by atoms with Crippen molar-refractivity contribution in [3.05, 3.63) is 35.4 Å². The quantitative estimate of drug-likeness (QED) is 0.797. The number of ether oxygens (including phenoxy) is 2. The maximum absolute atomic E-state index is 12.7. The first-order valence-corrected chi connectivity index (χ1v) is 9.99. The number of amides is 2. The molecule has 2 aliphatic heterocycles. The third kappa shape index (κ3) is 5.65. The van der Waals surface area contributed by atoms with Gasteiger partial charge >= 0.3 is 12.3 Å². The second-order valence-electron chi connectivity index (χ2n) is 8.80. The third-order valence-corrected chi connectivity index (χ3v) is 5.17. The second-order valence-corrected chi connectivity index (χ2v) is 8.80. The first-order chi connectivity index (χ1) is 13.9. The van der Waals surface area contributed by atoms with Gasteiger partial charge in [0, 0.05) is 19.0 Å². The molecule has 1 aromatic carbocycles. The Labute approximate surface area is 173 Å². The van der Waals surface area contributed by atoms with Gasteiger partial charge < -0.3 is 19.7 Å². The summed E-state index contributed by atoms with van der Waals surface area (Å²) in [5.74, 6) is -0.0877. The highest BCUT2D eigenvalue weighted by atomic mass is 19.4. The van der Waals surface area contributed by atoms with E-state index >= 15 is 0 Å². The molecule has 0 spiro atoms. The molecule has 2 fully saturated rings. The lowest BCUT2D eigenvalue weighted by Gasteiger charge is -2.42. The van der Waals surface area contributed by atoms with E-state index in [2.05, 4.69) is 5.32 Å². The molecule has 0 unspecified atom stereocenters. The fourth-order valence-electron chi connectivity index (χ4n) is 3.55. The summed E-state index contributed by atoms with van der Waals surface area (Å²) in [6, 6.07) is 4.88. The van der Waals surface area contributed by atoms with Crippen molar-refractivity contribution in [1.29, 1.82) is 0 Å². The van der Waals surface area contributed by atoms with E-state index in [-0.39, 0.29) is 24.5 Å². The van der Waals surface area contributed by atoms with Gasteiger partial charge in [-0.2, -0.15) is 13.2 Å². The maximum atomic E-state index is 12.7. The number of alkyl halides is 3. The number of hydrogen-bond acceptors (Lipinski definition) is 4. The van der Waals surface area contributed by atoms with Crippen LogP contribution in [0.15, 0.2) is 24.3 Å². The minimum absolute atomic E-state index is 0.0291. The van der Waals surface area contributed by atoms with E-state index in [9.17, 15) is 22.8 Å².